The lowest BCUT2D eigenvalue weighted by Crippen LogP contribution is -2.11. The van der Waals surface area contributed by atoms with E-state index in [1.165, 1.54) is 0 Å². The number of nitrogens with two attached hydrogens (primary N) is 1. The summed E-state index contributed by atoms with van der Waals surface area (Å²) in [5.41, 5.74) is 7.28. The first-order valence-electron chi connectivity index (χ1n) is 5.89. The van der Waals surface area contributed by atoms with Crippen LogP contribution < -0.4 is 15.8 Å². The Morgan fingerprint density at radius 3 is 2.63 bits per heavy atom. The molecule has 102 valence electrons. The summed E-state index contributed by atoms with van der Waals surface area (Å²) in [4.78, 5) is 12.1. The van der Waals surface area contributed by atoms with Gasteiger partial charge >= 0.3 is 6.01 Å². The molecule has 0 saturated heterocycles. The fourth-order valence-electron chi connectivity index (χ4n) is 1.53. The molecular weight excluding hydrogens is 246 g/mol. The van der Waals surface area contributed by atoms with Crippen molar-refractivity contribution in [2.45, 2.75) is 26.9 Å². The van der Waals surface area contributed by atoms with Gasteiger partial charge in [0.15, 0.2) is 0 Å². The third kappa shape index (κ3) is 3.30. The van der Waals surface area contributed by atoms with Crippen LogP contribution in [-0.2, 0) is 7.05 Å². The maximum absolute atomic E-state index is 5.63. The van der Waals surface area contributed by atoms with E-state index in [1.54, 1.807) is 4.68 Å². The lowest BCUT2D eigenvalue weighted by Gasteiger charge is -2.09. The Labute approximate surface area is 111 Å². The maximum atomic E-state index is 5.63. The fourth-order valence-corrected chi connectivity index (χ4v) is 1.53. The van der Waals surface area contributed by atoms with Crippen molar-refractivity contribution in [1.82, 2.24) is 24.7 Å². The summed E-state index contributed by atoms with van der Waals surface area (Å²) < 4.78 is 7.11. The van der Waals surface area contributed by atoms with Crippen LogP contribution in [0, 0.1) is 6.92 Å². The minimum Gasteiger partial charge on any atom is -0.461 e. The summed E-state index contributed by atoms with van der Waals surface area (Å²) in [7, 11) is 1.84. The molecule has 2 aromatic rings. The van der Waals surface area contributed by atoms with Gasteiger partial charge in [0.1, 0.15) is 0 Å². The van der Waals surface area contributed by atoms with E-state index in [2.05, 4.69) is 25.4 Å². The van der Waals surface area contributed by atoms with Crippen LogP contribution in [0.4, 0.5) is 17.6 Å². The largest absolute Gasteiger partial charge is 0.461 e. The summed E-state index contributed by atoms with van der Waals surface area (Å²) in [5, 5.41) is 7.26. The molecule has 0 saturated carbocycles. The van der Waals surface area contributed by atoms with E-state index in [4.69, 9.17) is 10.5 Å². The van der Waals surface area contributed by atoms with Gasteiger partial charge in [-0.3, -0.25) is 4.68 Å². The third-order valence-electron chi connectivity index (χ3n) is 2.23. The van der Waals surface area contributed by atoms with Crippen molar-refractivity contribution in [1.29, 1.82) is 0 Å². The minimum atomic E-state index is -0.0326. The molecule has 0 aliphatic carbocycles. The number of rotatable bonds is 4. The second-order valence-corrected chi connectivity index (χ2v) is 4.39. The lowest BCUT2D eigenvalue weighted by atomic mass is 10.4. The van der Waals surface area contributed by atoms with Crippen molar-refractivity contribution < 1.29 is 4.74 Å². The Kier molecular flexibility index (Phi) is 3.50. The van der Waals surface area contributed by atoms with Crippen molar-refractivity contribution in [2.24, 2.45) is 7.05 Å². The molecule has 0 spiro atoms. The molecule has 8 heteroatoms. The molecule has 0 aliphatic heterocycles. The smallest absolute Gasteiger partial charge is 0.323 e. The number of ether oxygens (including phenoxy) is 1. The molecule has 3 N–H and O–H groups in total. The molecule has 2 aromatic heterocycles. The lowest BCUT2D eigenvalue weighted by molar-refractivity contribution is 0.222. The number of hydrogen-bond acceptors (Lipinski definition) is 7. The van der Waals surface area contributed by atoms with Gasteiger partial charge < -0.3 is 15.8 Å². The van der Waals surface area contributed by atoms with Crippen molar-refractivity contribution in [2.75, 3.05) is 11.1 Å². The summed E-state index contributed by atoms with van der Waals surface area (Å²) >= 11 is 0. The van der Waals surface area contributed by atoms with E-state index in [0.717, 1.165) is 11.4 Å². The Morgan fingerprint density at radius 1 is 1.32 bits per heavy atom. The normalized spacial score (nSPS) is 10.8. The molecule has 2 rings (SSSR count). The van der Waals surface area contributed by atoms with E-state index >= 15 is 0 Å². The Morgan fingerprint density at radius 2 is 2.05 bits per heavy atom. The zero-order valence-corrected chi connectivity index (χ0v) is 11.4. The standard InChI is InChI=1S/C11H17N7O/c1-6(2)19-11-15-9(12)14-10(16-11)13-8-5-18(4)17-7(8)3/h5-6H,1-4H3,(H3,12,13,14,15,16). The molecule has 0 unspecified atom stereocenters. The molecule has 8 nitrogen and oxygen atoms in total. The number of nitrogens with one attached hydrogen (secondary N) is 1. The van der Waals surface area contributed by atoms with E-state index in [-0.39, 0.29) is 18.1 Å². The van der Waals surface area contributed by atoms with Gasteiger partial charge in [-0.2, -0.15) is 20.1 Å². The highest BCUT2D eigenvalue weighted by Crippen LogP contribution is 2.18. The van der Waals surface area contributed by atoms with Gasteiger partial charge in [-0.25, -0.2) is 0 Å². The van der Waals surface area contributed by atoms with Crippen molar-refractivity contribution in [3.05, 3.63) is 11.9 Å². The molecular formula is C11H17N7O. The Balaban J connectivity index is 2.25. The second-order valence-electron chi connectivity index (χ2n) is 4.39. The molecule has 0 aromatic carbocycles. The van der Waals surface area contributed by atoms with Crippen LogP contribution in [0.25, 0.3) is 0 Å². The molecule has 0 bridgehead atoms. The number of nitrogen functional groups attached to an aromatic ring is 1. The molecule has 19 heavy (non-hydrogen) atoms. The predicted molar refractivity (Wildman–Crippen MR) is 71.2 cm³/mol. The number of aromatic nitrogens is 5. The molecule has 0 aliphatic rings. The number of nitrogens with zero attached hydrogens (tertiary/aromatic N) is 5. The first kappa shape index (κ1) is 13.1. The third-order valence-corrected chi connectivity index (χ3v) is 2.23. The van der Waals surface area contributed by atoms with Crippen molar-refractivity contribution in [3.63, 3.8) is 0 Å². The second kappa shape index (κ2) is 5.09. The number of hydrogen-bond donors (Lipinski definition) is 2. The van der Waals surface area contributed by atoms with E-state index < -0.39 is 0 Å². The number of anilines is 3. The average molecular weight is 263 g/mol. The Bertz CT molecular complexity index is 578. The number of aryl methyl sites for hydroxylation is 2. The minimum absolute atomic E-state index is 0.0326. The van der Waals surface area contributed by atoms with Crippen LogP contribution in [0.15, 0.2) is 6.20 Å². The average Bonchev–Trinajstić information content (AvgIpc) is 2.55. The molecule has 0 radical (unpaired) electrons. The molecule has 0 fully saturated rings. The SMILES string of the molecule is Cc1nn(C)cc1Nc1nc(N)nc(OC(C)C)n1. The molecule has 0 amide bonds. The van der Waals surface area contributed by atoms with E-state index in [9.17, 15) is 0 Å². The summed E-state index contributed by atoms with van der Waals surface area (Å²) in [6.45, 7) is 5.66. The zero-order chi connectivity index (χ0) is 14.0. The van der Waals surface area contributed by atoms with Crippen molar-refractivity contribution >= 4 is 17.6 Å². The van der Waals surface area contributed by atoms with Crippen LogP contribution in [0.3, 0.4) is 0 Å². The summed E-state index contributed by atoms with van der Waals surface area (Å²) in [6.07, 6.45) is 1.80. The van der Waals surface area contributed by atoms with Crippen LogP contribution in [0.1, 0.15) is 19.5 Å². The van der Waals surface area contributed by atoms with Gasteiger partial charge in [0.05, 0.1) is 17.5 Å². The van der Waals surface area contributed by atoms with Gasteiger partial charge in [-0.15, -0.1) is 0 Å². The van der Waals surface area contributed by atoms with Crippen molar-refractivity contribution in [3.8, 4) is 6.01 Å². The monoisotopic (exact) mass is 263 g/mol. The van der Waals surface area contributed by atoms with Crippen LogP contribution in [-0.4, -0.2) is 30.8 Å². The van der Waals surface area contributed by atoms with E-state index in [1.807, 2.05) is 34.0 Å². The highest BCUT2D eigenvalue weighted by atomic mass is 16.5. The quantitative estimate of drug-likeness (QED) is 0.848. The Hall–Kier alpha value is -2.38. The zero-order valence-electron chi connectivity index (χ0n) is 11.4. The maximum Gasteiger partial charge on any atom is 0.323 e. The van der Waals surface area contributed by atoms with Gasteiger partial charge in [-0.05, 0) is 20.8 Å². The molecule has 0 atom stereocenters. The summed E-state index contributed by atoms with van der Waals surface area (Å²) in [6, 6.07) is 0.201. The van der Waals surface area contributed by atoms with Gasteiger partial charge in [0, 0.05) is 13.2 Å². The van der Waals surface area contributed by atoms with E-state index in [0.29, 0.717) is 5.95 Å². The van der Waals surface area contributed by atoms with Crippen LogP contribution in [0.2, 0.25) is 0 Å². The summed E-state index contributed by atoms with van der Waals surface area (Å²) in [5.74, 6) is 0.439. The highest BCUT2D eigenvalue weighted by molar-refractivity contribution is 5.55. The van der Waals surface area contributed by atoms with Gasteiger partial charge in [-0.1, -0.05) is 0 Å². The van der Waals surface area contributed by atoms with Crippen LogP contribution in [0.5, 0.6) is 6.01 Å². The molecule has 2 heterocycles. The first-order valence-corrected chi connectivity index (χ1v) is 5.89. The van der Waals surface area contributed by atoms with Gasteiger partial charge in [0.2, 0.25) is 11.9 Å². The van der Waals surface area contributed by atoms with Gasteiger partial charge in [0.25, 0.3) is 0 Å². The first-order chi connectivity index (χ1) is 8.94. The topological polar surface area (TPSA) is 104 Å². The van der Waals surface area contributed by atoms with Crippen LogP contribution >= 0.6 is 0 Å². The predicted octanol–water partition coefficient (Wildman–Crippen LogP) is 1.03. The fraction of sp³-hybridized carbons (Fsp3) is 0.455. The highest BCUT2D eigenvalue weighted by Gasteiger charge is 2.10.